The molecular formula is C21H18N2O4. The predicted octanol–water partition coefficient (Wildman–Crippen LogP) is 2.50. The molecule has 1 aliphatic heterocycles. The van der Waals surface area contributed by atoms with E-state index >= 15 is 0 Å². The van der Waals surface area contributed by atoms with E-state index in [0.29, 0.717) is 29.6 Å². The molecule has 1 unspecified atom stereocenters. The van der Waals surface area contributed by atoms with Gasteiger partial charge in [0.2, 0.25) is 5.91 Å². The highest BCUT2D eigenvalue weighted by atomic mass is 16.3. The molecule has 0 fully saturated rings. The summed E-state index contributed by atoms with van der Waals surface area (Å²) in [6, 6.07) is 14.7. The van der Waals surface area contributed by atoms with Crippen LogP contribution in [0.2, 0.25) is 0 Å². The lowest BCUT2D eigenvalue weighted by Crippen LogP contribution is -2.48. The van der Waals surface area contributed by atoms with Crippen LogP contribution >= 0.6 is 0 Å². The number of carbonyl (C=O) groups excluding carboxylic acids is 2. The molecule has 0 saturated heterocycles. The van der Waals surface area contributed by atoms with Gasteiger partial charge in [-0.3, -0.25) is 19.3 Å². The minimum absolute atomic E-state index is 0.0790. The molecule has 2 aromatic carbocycles. The van der Waals surface area contributed by atoms with Crippen LogP contribution in [0, 0.1) is 0 Å². The van der Waals surface area contributed by atoms with Gasteiger partial charge >= 0.3 is 0 Å². The third-order valence-corrected chi connectivity index (χ3v) is 4.69. The van der Waals surface area contributed by atoms with Crippen molar-refractivity contribution in [1.29, 1.82) is 0 Å². The van der Waals surface area contributed by atoms with E-state index in [0.717, 1.165) is 5.56 Å². The summed E-state index contributed by atoms with van der Waals surface area (Å²) in [5, 5.41) is 3.19. The largest absolute Gasteiger partial charge is 0.451 e. The quantitative estimate of drug-likeness (QED) is 0.776. The fourth-order valence-corrected chi connectivity index (χ4v) is 3.47. The second kappa shape index (κ2) is 6.72. The molecule has 27 heavy (non-hydrogen) atoms. The summed E-state index contributed by atoms with van der Waals surface area (Å²) >= 11 is 0. The smallest absolute Gasteiger partial charge is 0.294 e. The number of fused-ring (bicyclic) bond motifs is 2. The molecule has 6 heteroatoms. The highest BCUT2D eigenvalue weighted by Gasteiger charge is 2.39. The van der Waals surface area contributed by atoms with Crippen LogP contribution in [0.1, 0.15) is 23.0 Å². The predicted molar refractivity (Wildman–Crippen MR) is 102 cm³/mol. The number of nitrogens with one attached hydrogen (secondary N) is 1. The maximum Gasteiger partial charge on any atom is 0.294 e. The molecule has 0 radical (unpaired) electrons. The van der Waals surface area contributed by atoms with Crippen molar-refractivity contribution in [2.45, 2.75) is 19.4 Å². The first-order valence-corrected chi connectivity index (χ1v) is 8.82. The number of benzene rings is 2. The molecule has 2 heterocycles. The standard InChI is InChI=1S/C21H18N2O4/c1-2-22-20(25)16-11-13-7-3-5-9-15(13)23(16)21(26)19-12-17(24)14-8-4-6-10-18(14)27-19/h3-10,12,16H,2,11H2,1H3,(H,22,25). The highest BCUT2D eigenvalue weighted by Crippen LogP contribution is 2.33. The van der Waals surface area contributed by atoms with Gasteiger partial charge in [-0.15, -0.1) is 0 Å². The van der Waals surface area contributed by atoms with Crippen molar-refractivity contribution < 1.29 is 14.0 Å². The van der Waals surface area contributed by atoms with Gasteiger partial charge in [-0.1, -0.05) is 30.3 Å². The van der Waals surface area contributed by atoms with Crippen LogP contribution in [-0.4, -0.2) is 24.4 Å². The van der Waals surface area contributed by atoms with Crippen molar-refractivity contribution in [2.24, 2.45) is 0 Å². The Kier molecular flexibility index (Phi) is 4.24. The zero-order chi connectivity index (χ0) is 19.0. The van der Waals surface area contributed by atoms with Gasteiger partial charge in [0.15, 0.2) is 11.2 Å². The summed E-state index contributed by atoms with van der Waals surface area (Å²) in [5.74, 6) is -0.811. The van der Waals surface area contributed by atoms with Gasteiger partial charge in [-0.2, -0.15) is 0 Å². The fraction of sp³-hybridized carbons (Fsp3) is 0.190. The van der Waals surface area contributed by atoms with Gasteiger partial charge in [0.05, 0.1) is 5.39 Å². The normalized spacial score (nSPS) is 15.6. The molecule has 3 aromatic rings. The third-order valence-electron chi connectivity index (χ3n) is 4.69. The van der Waals surface area contributed by atoms with E-state index in [2.05, 4.69) is 5.32 Å². The van der Waals surface area contributed by atoms with Crippen molar-refractivity contribution in [3.05, 3.63) is 76.1 Å². The minimum Gasteiger partial charge on any atom is -0.451 e. The Morgan fingerprint density at radius 2 is 1.89 bits per heavy atom. The number of hydrogen-bond donors (Lipinski definition) is 1. The molecule has 0 bridgehead atoms. The molecule has 1 aliphatic rings. The summed E-state index contributed by atoms with van der Waals surface area (Å²) in [7, 11) is 0. The zero-order valence-electron chi connectivity index (χ0n) is 14.8. The van der Waals surface area contributed by atoms with Crippen LogP contribution in [0.3, 0.4) is 0 Å². The third kappa shape index (κ3) is 2.89. The number of nitrogens with zero attached hydrogens (tertiary/aromatic N) is 1. The zero-order valence-corrected chi connectivity index (χ0v) is 14.8. The molecule has 0 saturated carbocycles. The maximum absolute atomic E-state index is 13.2. The molecule has 6 nitrogen and oxygen atoms in total. The summed E-state index contributed by atoms with van der Waals surface area (Å²) in [4.78, 5) is 39.6. The Labute approximate surface area is 155 Å². The van der Waals surface area contributed by atoms with Crippen molar-refractivity contribution >= 4 is 28.5 Å². The second-order valence-electron chi connectivity index (χ2n) is 6.39. The molecule has 0 spiro atoms. The summed E-state index contributed by atoms with van der Waals surface area (Å²) in [5.41, 5.74) is 1.62. The second-order valence-corrected chi connectivity index (χ2v) is 6.39. The molecule has 4 rings (SSSR count). The van der Waals surface area contributed by atoms with Gasteiger partial charge in [-0.25, -0.2) is 0 Å². The molecule has 1 aromatic heterocycles. The number of hydrogen-bond acceptors (Lipinski definition) is 4. The van der Waals surface area contributed by atoms with Crippen molar-refractivity contribution in [3.63, 3.8) is 0 Å². The van der Waals surface area contributed by atoms with E-state index in [1.165, 1.54) is 11.0 Å². The Morgan fingerprint density at radius 1 is 1.15 bits per heavy atom. The SMILES string of the molecule is CCNC(=O)C1Cc2ccccc2N1C(=O)c1cc(=O)c2ccccc2o1. The molecule has 1 N–H and O–H groups in total. The molecule has 0 aliphatic carbocycles. The van der Waals surface area contributed by atoms with E-state index in [-0.39, 0.29) is 17.1 Å². The Hall–Kier alpha value is -3.41. The van der Waals surface area contributed by atoms with Crippen LogP contribution in [0.15, 0.2) is 63.8 Å². The number of rotatable bonds is 3. The van der Waals surface area contributed by atoms with Crippen molar-refractivity contribution in [2.75, 3.05) is 11.4 Å². The minimum atomic E-state index is -0.674. The number of anilines is 1. The molecule has 2 amide bonds. The van der Waals surface area contributed by atoms with Crippen molar-refractivity contribution in [3.8, 4) is 0 Å². The number of amides is 2. The van der Waals surface area contributed by atoms with Gasteiger partial charge < -0.3 is 9.73 Å². The van der Waals surface area contributed by atoms with Crippen LogP contribution < -0.4 is 15.6 Å². The van der Waals surface area contributed by atoms with Crippen LogP contribution in [0.5, 0.6) is 0 Å². The van der Waals surface area contributed by atoms with Crippen LogP contribution in [0.4, 0.5) is 5.69 Å². The number of likely N-dealkylation sites (N-methyl/N-ethyl adjacent to an activating group) is 1. The lowest BCUT2D eigenvalue weighted by atomic mass is 10.1. The maximum atomic E-state index is 13.2. The average molecular weight is 362 g/mol. The first-order chi connectivity index (χ1) is 13.1. The van der Waals surface area contributed by atoms with Gasteiger partial charge in [0.25, 0.3) is 5.91 Å². The van der Waals surface area contributed by atoms with Gasteiger partial charge in [-0.05, 0) is 30.7 Å². The lowest BCUT2D eigenvalue weighted by Gasteiger charge is -2.24. The summed E-state index contributed by atoms with van der Waals surface area (Å²) < 4.78 is 5.70. The van der Waals surface area contributed by atoms with Gasteiger partial charge in [0, 0.05) is 24.7 Å². The van der Waals surface area contributed by atoms with Crippen LogP contribution in [0.25, 0.3) is 11.0 Å². The fourth-order valence-electron chi connectivity index (χ4n) is 3.47. The van der Waals surface area contributed by atoms with E-state index in [9.17, 15) is 14.4 Å². The first-order valence-electron chi connectivity index (χ1n) is 8.82. The number of para-hydroxylation sites is 2. The van der Waals surface area contributed by atoms with E-state index in [1.807, 2.05) is 25.1 Å². The van der Waals surface area contributed by atoms with E-state index in [4.69, 9.17) is 4.42 Å². The van der Waals surface area contributed by atoms with Crippen molar-refractivity contribution in [1.82, 2.24) is 5.32 Å². The summed E-state index contributed by atoms with van der Waals surface area (Å²) in [6.07, 6.45) is 0.422. The highest BCUT2D eigenvalue weighted by molar-refractivity contribution is 6.10. The first kappa shape index (κ1) is 17.0. The van der Waals surface area contributed by atoms with Crippen LogP contribution in [-0.2, 0) is 11.2 Å². The average Bonchev–Trinajstić information content (AvgIpc) is 3.07. The lowest BCUT2D eigenvalue weighted by molar-refractivity contribution is -0.122. The Balaban J connectivity index is 1.80. The Morgan fingerprint density at radius 3 is 2.70 bits per heavy atom. The topological polar surface area (TPSA) is 79.6 Å². The molecule has 1 atom stereocenters. The van der Waals surface area contributed by atoms with E-state index in [1.54, 1.807) is 30.3 Å². The summed E-state index contributed by atoms with van der Waals surface area (Å²) in [6.45, 7) is 2.30. The monoisotopic (exact) mass is 362 g/mol. The van der Waals surface area contributed by atoms with Gasteiger partial charge in [0.1, 0.15) is 11.6 Å². The molecular weight excluding hydrogens is 344 g/mol. The molecule has 136 valence electrons. The van der Waals surface area contributed by atoms with E-state index < -0.39 is 11.9 Å². The Bertz CT molecular complexity index is 1100. The number of carbonyl (C=O) groups is 2.